The first-order valence-corrected chi connectivity index (χ1v) is 6.09. The fraction of sp³-hybridized carbons (Fsp3) is 0.385. The van der Waals surface area contributed by atoms with Crippen molar-refractivity contribution < 1.29 is 4.79 Å². The van der Waals surface area contributed by atoms with Crippen LogP contribution in [0.1, 0.15) is 22.8 Å². The summed E-state index contributed by atoms with van der Waals surface area (Å²) in [4.78, 5) is 15.4. The first kappa shape index (κ1) is 12.4. The lowest BCUT2D eigenvalue weighted by molar-refractivity contribution is 0.1000. The number of hydrogen-bond acceptors (Lipinski definition) is 4. The van der Waals surface area contributed by atoms with Crippen LogP contribution in [0.4, 0.5) is 0 Å². The van der Waals surface area contributed by atoms with E-state index in [4.69, 9.17) is 5.73 Å². The number of guanidine groups is 1. The van der Waals surface area contributed by atoms with Crippen molar-refractivity contribution in [2.45, 2.75) is 19.4 Å². The predicted octanol–water partition coefficient (Wildman–Crippen LogP) is 0.265. The van der Waals surface area contributed by atoms with Crippen molar-refractivity contribution >= 4 is 11.9 Å². The number of aliphatic imine (C=N–C) groups is 1. The molecule has 0 aromatic heterocycles. The molecule has 0 saturated carbocycles. The van der Waals surface area contributed by atoms with Crippen LogP contribution in [0.25, 0.3) is 0 Å². The summed E-state index contributed by atoms with van der Waals surface area (Å²) in [5.74, 6) is 0.467. The van der Waals surface area contributed by atoms with E-state index in [0.717, 1.165) is 31.0 Å². The first-order valence-electron chi connectivity index (χ1n) is 6.09. The van der Waals surface area contributed by atoms with E-state index in [1.54, 1.807) is 6.07 Å². The second kappa shape index (κ2) is 5.53. The summed E-state index contributed by atoms with van der Waals surface area (Å²) >= 11 is 0. The Morgan fingerprint density at radius 1 is 1.61 bits per heavy atom. The van der Waals surface area contributed by atoms with E-state index < -0.39 is 0 Å². The minimum atomic E-state index is -0.388. The minimum Gasteiger partial charge on any atom is -0.366 e. The Labute approximate surface area is 106 Å². The average molecular weight is 246 g/mol. The van der Waals surface area contributed by atoms with Gasteiger partial charge in [-0.25, -0.2) is 0 Å². The van der Waals surface area contributed by atoms with Crippen LogP contribution in [0.5, 0.6) is 0 Å². The van der Waals surface area contributed by atoms with E-state index in [1.165, 1.54) is 0 Å². The summed E-state index contributed by atoms with van der Waals surface area (Å²) in [6.07, 6.45) is 0.830. The Morgan fingerprint density at radius 2 is 2.44 bits per heavy atom. The maximum atomic E-state index is 11.0. The van der Waals surface area contributed by atoms with Crippen molar-refractivity contribution in [3.8, 4) is 0 Å². The minimum absolute atomic E-state index is 0.388. The average Bonchev–Trinajstić information content (AvgIpc) is 2.75. The molecule has 5 nitrogen and oxygen atoms in total. The van der Waals surface area contributed by atoms with Crippen LogP contribution in [0.3, 0.4) is 0 Å². The standard InChI is InChI=1S/C13H18N4O/c1-9-8-16-13(17-9)15-6-5-10-3-2-4-11(7-10)12(14)18/h2-4,7,9H,5-6,8H2,1H3,(H2,14,18)(H2,15,16,17). The molecule has 1 amide bonds. The molecule has 4 N–H and O–H groups in total. The molecule has 5 heteroatoms. The molecule has 96 valence electrons. The van der Waals surface area contributed by atoms with Gasteiger partial charge in [-0.3, -0.25) is 9.79 Å². The van der Waals surface area contributed by atoms with Gasteiger partial charge >= 0.3 is 0 Å². The highest BCUT2D eigenvalue weighted by Crippen LogP contribution is 2.05. The second-order valence-corrected chi connectivity index (χ2v) is 4.48. The summed E-state index contributed by atoms with van der Waals surface area (Å²) in [6, 6.07) is 7.80. The van der Waals surface area contributed by atoms with Gasteiger partial charge < -0.3 is 16.4 Å². The lowest BCUT2D eigenvalue weighted by atomic mass is 10.1. The van der Waals surface area contributed by atoms with Crippen molar-refractivity contribution in [2.75, 3.05) is 13.1 Å². The zero-order valence-electron chi connectivity index (χ0n) is 10.4. The molecule has 0 radical (unpaired) electrons. The molecule has 1 unspecified atom stereocenters. The summed E-state index contributed by atoms with van der Waals surface area (Å²) < 4.78 is 0. The third-order valence-corrected chi connectivity index (χ3v) is 2.82. The molecule has 1 aliphatic rings. The lowest BCUT2D eigenvalue weighted by Gasteiger charge is -2.09. The summed E-state index contributed by atoms with van der Waals surface area (Å²) in [6.45, 7) is 3.69. The Balaban J connectivity index is 1.83. The number of hydrogen-bond donors (Lipinski definition) is 3. The van der Waals surface area contributed by atoms with E-state index >= 15 is 0 Å². The molecule has 1 atom stereocenters. The SMILES string of the molecule is CC1CN=C(NCCc2cccc(C(N)=O)c2)N1. The highest BCUT2D eigenvalue weighted by atomic mass is 16.1. The Bertz CT molecular complexity index is 470. The highest BCUT2D eigenvalue weighted by Gasteiger charge is 2.11. The van der Waals surface area contributed by atoms with Crippen molar-refractivity contribution in [1.82, 2.24) is 10.6 Å². The number of primary amides is 1. The van der Waals surface area contributed by atoms with Crippen molar-refractivity contribution in [1.29, 1.82) is 0 Å². The molecule has 2 rings (SSSR count). The molecule has 0 bridgehead atoms. The normalized spacial score (nSPS) is 18.1. The molecule has 0 spiro atoms. The Hall–Kier alpha value is -2.04. The van der Waals surface area contributed by atoms with E-state index in [0.29, 0.717) is 11.6 Å². The first-order chi connectivity index (χ1) is 8.65. The van der Waals surface area contributed by atoms with Gasteiger partial charge in [-0.15, -0.1) is 0 Å². The van der Waals surface area contributed by atoms with E-state index in [1.807, 2.05) is 18.2 Å². The van der Waals surface area contributed by atoms with Gasteiger partial charge in [0.05, 0.1) is 6.54 Å². The van der Waals surface area contributed by atoms with Crippen molar-refractivity contribution in [3.63, 3.8) is 0 Å². The molecular formula is C13H18N4O. The molecule has 1 aliphatic heterocycles. The number of benzene rings is 1. The fourth-order valence-corrected chi connectivity index (χ4v) is 1.87. The van der Waals surface area contributed by atoms with Crippen LogP contribution < -0.4 is 16.4 Å². The lowest BCUT2D eigenvalue weighted by Crippen LogP contribution is -2.38. The molecule has 0 saturated heterocycles. The Kier molecular flexibility index (Phi) is 3.82. The van der Waals surface area contributed by atoms with E-state index in [-0.39, 0.29) is 5.91 Å². The van der Waals surface area contributed by atoms with Crippen molar-refractivity contribution in [3.05, 3.63) is 35.4 Å². The number of carbonyl (C=O) groups is 1. The van der Waals surface area contributed by atoms with Gasteiger partial charge in [0.2, 0.25) is 5.91 Å². The molecule has 1 aromatic carbocycles. The van der Waals surface area contributed by atoms with Gasteiger partial charge in [0, 0.05) is 18.2 Å². The van der Waals surface area contributed by atoms with Crippen LogP contribution >= 0.6 is 0 Å². The van der Waals surface area contributed by atoms with Crippen LogP contribution in [-0.4, -0.2) is 31.0 Å². The van der Waals surface area contributed by atoms with Crippen molar-refractivity contribution in [2.24, 2.45) is 10.7 Å². The fourth-order valence-electron chi connectivity index (χ4n) is 1.87. The van der Waals surface area contributed by atoms with Gasteiger partial charge in [0.15, 0.2) is 5.96 Å². The molecule has 0 fully saturated rings. The smallest absolute Gasteiger partial charge is 0.248 e. The largest absolute Gasteiger partial charge is 0.366 e. The van der Waals surface area contributed by atoms with Crippen LogP contribution in [0.2, 0.25) is 0 Å². The topological polar surface area (TPSA) is 79.5 Å². The van der Waals surface area contributed by atoms with Gasteiger partial charge in [0.25, 0.3) is 0 Å². The van der Waals surface area contributed by atoms with E-state index in [2.05, 4.69) is 22.5 Å². The third-order valence-electron chi connectivity index (χ3n) is 2.82. The predicted molar refractivity (Wildman–Crippen MR) is 71.6 cm³/mol. The molecule has 1 heterocycles. The van der Waals surface area contributed by atoms with Gasteiger partial charge in [0.1, 0.15) is 0 Å². The maximum absolute atomic E-state index is 11.0. The number of rotatable bonds is 4. The summed E-state index contributed by atoms with van der Waals surface area (Å²) in [5.41, 5.74) is 6.88. The van der Waals surface area contributed by atoms with Crippen LogP contribution in [0, 0.1) is 0 Å². The summed E-state index contributed by atoms with van der Waals surface area (Å²) in [7, 11) is 0. The number of nitrogens with one attached hydrogen (secondary N) is 2. The van der Waals surface area contributed by atoms with Crippen LogP contribution in [-0.2, 0) is 6.42 Å². The molecule has 0 aliphatic carbocycles. The van der Waals surface area contributed by atoms with Gasteiger partial charge in [-0.05, 0) is 31.0 Å². The quantitative estimate of drug-likeness (QED) is 0.713. The second-order valence-electron chi connectivity index (χ2n) is 4.48. The molecule has 18 heavy (non-hydrogen) atoms. The van der Waals surface area contributed by atoms with Gasteiger partial charge in [-0.1, -0.05) is 12.1 Å². The number of nitrogens with two attached hydrogens (primary N) is 1. The van der Waals surface area contributed by atoms with Gasteiger partial charge in [-0.2, -0.15) is 0 Å². The van der Waals surface area contributed by atoms with Crippen LogP contribution in [0.15, 0.2) is 29.3 Å². The molecular weight excluding hydrogens is 228 g/mol. The zero-order chi connectivity index (χ0) is 13.0. The maximum Gasteiger partial charge on any atom is 0.248 e. The Morgan fingerprint density at radius 3 is 3.11 bits per heavy atom. The third kappa shape index (κ3) is 3.23. The number of carbonyl (C=O) groups excluding carboxylic acids is 1. The monoisotopic (exact) mass is 246 g/mol. The number of amides is 1. The molecule has 1 aromatic rings. The zero-order valence-corrected chi connectivity index (χ0v) is 10.4. The number of nitrogens with zero attached hydrogens (tertiary/aromatic N) is 1. The summed E-state index contributed by atoms with van der Waals surface area (Å²) in [5, 5.41) is 6.47. The highest BCUT2D eigenvalue weighted by molar-refractivity contribution is 5.92. The van der Waals surface area contributed by atoms with E-state index in [9.17, 15) is 4.79 Å².